The van der Waals surface area contributed by atoms with E-state index in [1.165, 1.54) is 4.90 Å². The molecule has 0 bridgehead atoms. The summed E-state index contributed by atoms with van der Waals surface area (Å²) in [6.45, 7) is 3.21. The minimum Gasteiger partial charge on any atom is -0.508 e. The number of aliphatic hydroxyl groups is 1. The molecule has 0 aliphatic carbocycles. The predicted molar refractivity (Wildman–Crippen MR) is 130 cm³/mol. The molecule has 2 aromatic carbocycles. The average Bonchev–Trinajstić information content (AvgIpc) is 3.29. The zero-order chi connectivity index (χ0) is 24.7. The maximum atomic E-state index is 13.7. The number of phenolic OH excluding ortho intramolecular Hbond substituents is 1. The quantitative estimate of drug-likeness (QED) is 0.292. The van der Waals surface area contributed by atoms with Crippen LogP contribution in [0.5, 0.6) is 11.5 Å². The zero-order valence-corrected chi connectivity index (χ0v) is 19.9. The molecule has 9 nitrogen and oxygen atoms in total. The fraction of sp³-hybridized carbons (Fsp3) is 0.385. The summed E-state index contributed by atoms with van der Waals surface area (Å²) in [5, 5.41) is 23.2. The first kappa shape index (κ1) is 23.2. The number of urea groups is 1. The molecule has 2 aliphatic rings. The van der Waals surface area contributed by atoms with Crippen molar-refractivity contribution in [3.63, 3.8) is 0 Å². The first-order valence-electron chi connectivity index (χ1n) is 11.8. The number of aromatic hydroxyl groups is 1. The Morgan fingerprint density at radius 3 is 2.77 bits per heavy atom. The van der Waals surface area contributed by atoms with E-state index >= 15 is 0 Å². The molecule has 1 fully saturated rings. The number of rotatable bonds is 8. The highest BCUT2D eigenvalue weighted by molar-refractivity contribution is 6.08. The molecule has 0 spiro atoms. The van der Waals surface area contributed by atoms with Gasteiger partial charge in [-0.1, -0.05) is 12.1 Å². The second-order valence-corrected chi connectivity index (χ2v) is 9.31. The van der Waals surface area contributed by atoms with Gasteiger partial charge in [-0.3, -0.25) is 14.6 Å². The molecule has 3 aromatic rings. The Morgan fingerprint density at radius 2 is 2.03 bits per heavy atom. The van der Waals surface area contributed by atoms with E-state index in [-0.39, 0.29) is 30.8 Å². The molecule has 0 unspecified atom stereocenters. The van der Waals surface area contributed by atoms with Gasteiger partial charge in [0.1, 0.15) is 23.1 Å². The van der Waals surface area contributed by atoms with Gasteiger partial charge in [0.2, 0.25) is 0 Å². The van der Waals surface area contributed by atoms with Crippen molar-refractivity contribution < 1.29 is 24.5 Å². The van der Waals surface area contributed by atoms with E-state index in [1.54, 1.807) is 30.2 Å². The van der Waals surface area contributed by atoms with E-state index in [4.69, 9.17) is 9.84 Å². The van der Waals surface area contributed by atoms with Gasteiger partial charge in [0.15, 0.2) is 0 Å². The van der Waals surface area contributed by atoms with Crippen LogP contribution in [0.1, 0.15) is 36.2 Å². The van der Waals surface area contributed by atoms with Crippen LogP contribution in [-0.4, -0.2) is 75.8 Å². The first-order chi connectivity index (χ1) is 16.9. The minimum absolute atomic E-state index is 0.0372. The molecular formula is C26H30N4O5. The number of H-pyrrole nitrogens is 1. The molecule has 184 valence electrons. The molecule has 35 heavy (non-hydrogen) atoms. The molecule has 3 amide bonds. The summed E-state index contributed by atoms with van der Waals surface area (Å²) in [5.74, 6) is 0.586. The molecular weight excluding hydrogens is 448 g/mol. The van der Waals surface area contributed by atoms with Crippen molar-refractivity contribution >= 4 is 22.8 Å². The van der Waals surface area contributed by atoms with Crippen molar-refractivity contribution in [2.24, 2.45) is 0 Å². The van der Waals surface area contributed by atoms with Gasteiger partial charge in [-0.25, -0.2) is 4.79 Å². The monoisotopic (exact) mass is 478 g/mol. The van der Waals surface area contributed by atoms with Crippen molar-refractivity contribution in [3.05, 3.63) is 59.3 Å². The number of nitrogens with zero attached hydrogens (tertiary/aromatic N) is 2. The lowest BCUT2D eigenvalue weighted by atomic mass is 9.81. The van der Waals surface area contributed by atoms with Crippen LogP contribution < -0.4 is 10.1 Å². The molecule has 1 aromatic heterocycles. The number of fused-ring (bicyclic) bond motifs is 4. The van der Waals surface area contributed by atoms with Gasteiger partial charge in [0.25, 0.3) is 5.91 Å². The van der Waals surface area contributed by atoms with E-state index < -0.39 is 11.6 Å². The van der Waals surface area contributed by atoms with Crippen LogP contribution in [0.25, 0.3) is 10.9 Å². The number of carbonyl (C=O) groups is 2. The van der Waals surface area contributed by atoms with Crippen LogP contribution in [0.2, 0.25) is 0 Å². The van der Waals surface area contributed by atoms with Crippen LogP contribution >= 0.6 is 0 Å². The number of methoxy groups -OCH3 is 1. The fourth-order valence-electron chi connectivity index (χ4n) is 5.42. The molecule has 3 heterocycles. The standard InChI is InChI=1S/C26H30N4O5/c1-26-15-20-19-14-18(35-2)7-8-21(19)28-22(20)23(16-5-3-6-17(32)13-16)30(26)25(34)29(24(26)33)11-4-9-27-10-12-31/h3,5-8,13-14,23,27-28,31-32H,4,9-12,15H2,1-2H3/t23-,26+/m1/s1. The van der Waals surface area contributed by atoms with Gasteiger partial charge in [-0.05, 0) is 61.3 Å². The number of imide groups is 1. The number of amides is 3. The third kappa shape index (κ3) is 3.71. The van der Waals surface area contributed by atoms with E-state index in [2.05, 4.69) is 10.3 Å². The van der Waals surface area contributed by atoms with Crippen LogP contribution in [-0.2, 0) is 11.2 Å². The van der Waals surface area contributed by atoms with Gasteiger partial charge in [0.05, 0.1) is 13.7 Å². The van der Waals surface area contributed by atoms with Gasteiger partial charge in [0, 0.05) is 36.1 Å². The van der Waals surface area contributed by atoms with E-state index in [9.17, 15) is 14.7 Å². The Labute approximate surface area is 203 Å². The van der Waals surface area contributed by atoms with Crippen molar-refractivity contribution in [2.45, 2.75) is 31.3 Å². The third-order valence-corrected chi connectivity index (χ3v) is 7.08. The van der Waals surface area contributed by atoms with Gasteiger partial charge >= 0.3 is 6.03 Å². The van der Waals surface area contributed by atoms with Gasteiger partial charge < -0.3 is 25.3 Å². The molecule has 0 saturated carbocycles. The van der Waals surface area contributed by atoms with Crippen molar-refractivity contribution in [1.29, 1.82) is 0 Å². The Bertz CT molecular complexity index is 1290. The molecule has 4 N–H and O–H groups in total. The largest absolute Gasteiger partial charge is 0.508 e. The van der Waals surface area contributed by atoms with Gasteiger partial charge in [-0.15, -0.1) is 0 Å². The molecule has 5 rings (SSSR count). The summed E-state index contributed by atoms with van der Waals surface area (Å²) in [7, 11) is 1.62. The zero-order valence-electron chi connectivity index (χ0n) is 19.9. The summed E-state index contributed by atoms with van der Waals surface area (Å²) >= 11 is 0. The number of carbonyl (C=O) groups excluding carboxylic acids is 2. The highest BCUT2D eigenvalue weighted by Gasteiger charge is 2.60. The molecule has 2 aliphatic heterocycles. The number of nitrogens with one attached hydrogen (secondary N) is 2. The number of hydrogen-bond donors (Lipinski definition) is 4. The Balaban J connectivity index is 1.60. The summed E-state index contributed by atoms with van der Waals surface area (Å²) < 4.78 is 5.44. The van der Waals surface area contributed by atoms with Crippen LogP contribution in [0.4, 0.5) is 4.79 Å². The maximum absolute atomic E-state index is 13.7. The number of benzene rings is 2. The lowest BCUT2D eigenvalue weighted by molar-refractivity contribution is -0.133. The number of aromatic amines is 1. The Morgan fingerprint density at radius 1 is 1.20 bits per heavy atom. The third-order valence-electron chi connectivity index (χ3n) is 7.08. The molecule has 0 radical (unpaired) electrons. The topological polar surface area (TPSA) is 118 Å². The van der Waals surface area contributed by atoms with E-state index in [0.717, 1.165) is 27.7 Å². The second kappa shape index (κ2) is 8.90. The highest BCUT2D eigenvalue weighted by Crippen LogP contribution is 2.49. The second-order valence-electron chi connectivity index (χ2n) is 9.31. The number of aromatic nitrogens is 1. The van der Waals surface area contributed by atoms with Crippen LogP contribution in [0.3, 0.4) is 0 Å². The predicted octanol–water partition coefficient (Wildman–Crippen LogP) is 2.52. The molecule has 2 atom stereocenters. The number of aliphatic hydroxyl groups excluding tert-OH is 1. The van der Waals surface area contributed by atoms with Crippen molar-refractivity contribution in [1.82, 2.24) is 20.1 Å². The fourth-order valence-corrected chi connectivity index (χ4v) is 5.42. The number of phenols is 1. The first-order valence-corrected chi connectivity index (χ1v) is 11.8. The number of hydrogen-bond acceptors (Lipinski definition) is 6. The molecule has 1 saturated heterocycles. The van der Waals surface area contributed by atoms with Crippen LogP contribution in [0.15, 0.2) is 42.5 Å². The van der Waals surface area contributed by atoms with Crippen molar-refractivity contribution in [3.8, 4) is 11.5 Å². The summed E-state index contributed by atoms with van der Waals surface area (Å²) in [5.41, 5.74) is 2.36. The average molecular weight is 479 g/mol. The Hall–Kier alpha value is -3.56. The van der Waals surface area contributed by atoms with E-state index in [0.29, 0.717) is 31.7 Å². The minimum atomic E-state index is -1.07. The van der Waals surface area contributed by atoms with Crippen LogP contribution in [0, 0.1) is 0 Å². The SMILES string of the molecule is COc1ccc2[nH]c3c(c2c1)C[C@@]1(C)C(=O)N(CCCNCCO)C(=O)N1[C@@H]3c1cccc(O)c1. The smallest absolute Gasteiger partial charge is 0.328 e. The maximum Gasteiger partial charge on any atom is 0.328 e. The highest BCUT2D eigenvalue weighted by atomic mass is 16.5. The normalized spacial score (nSPS) is 21.5. The lowest BCUT2D eigenvalue weighted by Gasteiger charge is -2.42. The van der Waals surface area contributed by atoms with Crippen molar-refractivity contribution in [2.75, 3.05) is 33.4 Å². The molecule has 9 heteroatoms. The summed E-state index contributed by atoms with van der Waals surface area (Å²) in [6.07, 6.45) is 0.957. The van der Waals surface area contributed by atoms with Gasteiger partial charge in [-0.2, -0.15) is 0 Å². The van der Waals surface area contributed by atoms with E-state index in [1.807, 2.05) is 31.2 Å². The summed E-state index contributed by atoms with van der Waals surface area (Å²) in [4.78, 5) is 34.0. The lowest BCUT2D eigenvalue weighted by Crippen LogP contribution is -2.53. The summed E-state index contributed by atoms with van der Waals surface area (Å²) in [6, 6.07) is 11.7. The Kier molecular flexibility index (Phi) is 5.90. The number of ether oxygens (including phenoxy) is 1.